The highest BCUT2D eigenvalue weighted by atomic mass is 35.5. The van der Waals surface area contributed by atoms with E-state index in [1.807, 2.05) is 6.07 Å². The predicted molar refractivity (Wildman–Crippen MR) is 89.9 cm³/mol. The molecule has 2 N–H and O–H groups in total. The highest BCUT2D eigenvalue weighted by molar-refractivity contribution is 6.43. The van der Waals surface area contributed by atoms with Gasteiger partial charge >= 0.3 is 0 Å². The SMILES string of the molecule is O=c1[nH]ccc2c(-c3oncc3-c3cccc(Cl)c3Cl)c[nH]c12. The molecule has 0 aliphatic heterocycles. The second-order valence-electron chi connectivity index (χ2n) is 4.97. The Kier molecular flexibility index (Phi) is 3.25. The number of aromatic amines is 2. The monoisotopic (exact) mass is 345 g/mol. The molecule has 3 heterocycles. The first-order chi connectivity index (χ1) is 11.2. The van der Waals surface area contributed by atoms with Crippen molar-refractivity contribution < 1.29 is 4.52 Å². The molecular weight excluding hydrogens is 337 g/mol. The molecule has 0 aliphatic carbocycles. The Morgan fingerprint density at radius 2 is 1.91 bits per heavy atom. The van der Waals surface area contributed by atoms with Crippen molar-refractivity contribution >= 4 is 34.1 Å². The summed E-state index contributed by atoms with van der Waals surface area (Å²) in [5.74, 6) is 0.519. The molecule has 0 saturated heterocycles. The maximum absolute atomic E-state index is 11.8. The molecule has 0 spiro atoms. The third-order valence-corrected chi connectivity index (χ3v) is 4.49. The van der Waals surface area contributed by atoms with Crippen molar-refractivity contribution in [1.82, 2.24) is 15.1 Å². The summed E-state index contributed by atoms with van der Waals surface area (Å²) in [6.45, 7) is 0. The number of hydrogen-bond donors (Lipinski definition) is 2. The number of H-pyrrole nitrogens is 2. The lowest BCUT2D eigenvalue weighted by Crippen LogP contribution is -2.03. The molecule has 1 aromatic carbocycles. The molecule has 23 heavy (non-hydrogen) atoms. The number of pyridine rings is 1. The van der Waals surface area contributed by atoms with E-state index in [1.165, 1.54) is 0 Å². The van der Waals surface area contributed by atoms with Gasteiger partial charge in [0.25, 0.3) is 5.56 Å². The second kappa shape index (κ2) is 5.30. The van der Waals surface area contributed by atoms with Gasteiger partial charge in [-0.2, -0.15) is 0 Å². The van der Waals surface area contributed by atoms with Gasteiger partial charge in [0.15, 0.2) is 5.76 Å². The molecule has 5 nitrogen and oxygen atoms in total. The van der Waals surface area contributed by atoms with Crippen molar-refractivity contribution in [3.05, 3.63) is 63.3 Å². The second-order valence-corrected chi connectivity index (χ2v) is 5.75. The van der Waals surface area contributed by atoms with E-state index in [1.54, 1.807) is 36.8 Å². The summed E-state index contributed by atoms with van der Waals surface area (Å²) < 4.78 is 5.42. The lowest BCUT2D eigenvalue weighted by molar-refractivity contribution is 0.433. The summed E-state index contributed by atoms with van der Waals surface area (Å²) in [4.78, 5) is 17.4. The Morgan fingerprint density at radius 1 is 1.04 bits per heavy atom. The highest BCUT2D eigenvalue weighted by Crippen LogP contribution is 2.40. The smallest absolute Gasteiger partial charge is 0.272 e. The Balaban J connectivity index is 1.98. The van der Waals surface area contributed by atoms with Gasteiger partial charge in [-0.1, -0.05) is 40.5 Å². The molecule has 0 fully saturated rings. The zero-order chi connectivity index (χ0) is 16.0. The van der Waals surface area contributed by atoms with Crippen molar-refractivity contribution in [3.63, 3.8) is 0 Å². The van der Waals surface area contributed by atoms with Crippen LogP contribution in [-0.2, 0) is 0 Å². The fourth-order valence-corrected chi connectivity index (χ4v) is 3.00. The summed E-state index contributed by atoms with van der Waals surface area (Å²) in [5, 5.41) is 5.50. The van der Waals surface area contributed by atoms with E-state index >= 15 is 0 Å². The molecule has 114 valence electrons. The minimum Gasteiger partial charge on any atom is -0.356 e. The van der Waals surface area contributed by atoms with Gasteiger partial charge in [0, 0.05) is 28.9 Å². The number of hydrogen-bond acceptors (Lipinski definition) is 3. The molecule has 0 atom stereocenters. The lowest BCUT2D eigenvalue weighted by Gasteiger charge is -2.04. The average molecular weight is 346 g/mol. The van der Waals surface area contributed by atoms with E-state index in [9.17, 15) is 4.79 Å². The summed E-state index contributed by atoms with van der Waals surface area (Å²) in [6.07, 6.45) is 4.88. The molecule has 3 aromatic heterocycles. The summed E-state index contributed by atoms with van der Waals surface area (Å²) >= 11 is 12.4. The van der Waals surface area contributed by atoms with Crippen molar-refractivity contribution in [2.24, 2.45) is 0 Å². The Bertz CT molecular complexity index is 1080. The molecule has 0 unspecified atom stereocenters. The van der Waals surface area contributed by atoms with Gasteiger partial charge in [-0.3, -0.25) is 4.79 Å². The number of halogens is 2. The van der Waals surface area contributed by atoms with Crippen LogP contribution in [0, 0.1) is 0 Å². The molecule has 4 rings (SSSR count). The topological polar surface area (TPSA) is 74.7 Å². The number of rotatable bonds is 2. The third-order valence-electron chi connectivity index (χ3n) is 3.67. The third kappa shape index (κ3) is 2.17. The van der Waals surface area contributed by atoms with Crippen molar-refractivity contribution in [2.75, 3.05) is 0 Å². The molecule has 0 radical (unpaired) electrons. The molecule has 0 amide bonds. The molecule has 4 aromatic rings. The maximum atomic E-state index is 11.8. The van der Waals surface area contributed by atoms with Crippen LogP contribution in [0.5, 0.6) is 0 Å². The van der Waals surface area contributed by atoms with Crippen LogP contribution in [0.2, 0.25) is 10.0 Å². The largest absolute Gasteiger partial charge is 0.356 e. The molecule has 0 bridgehead atoms. The van der Waals surface area contributed by atoms with Crippen LogP contribution in [0.4, 0.5) is 0 Å². The van der Waals surface area contributed by atoms with Crippen molar-refractivity contribution in [2.45, 2.75) is 0 Å². The maximum Gasteiger partial charge on any atom is 0.272 e. The summed E-state index contributed by atoms with van der Waals surface area (Å²) in [5.41, 5.74) is 2.43. The van der Waals surface area contributed by atoms with Gasteiger partial charge in [-0.15, -0.1) is 0 Å². The first-order valence-corrected chi connectivity index (χ1v) is 7.50. The van der Waals surface area contributed by atoms with Gasteiger partial charge in [-0.25, -0.2) is 0 Å². The van der Waals surface area contributed by atoms with E-state index in [-0.39, 0.29) is 5.56 Å². The van der Waals surface area contributed by atoms with Crippen molar-refractivity contribution in [3.8, 4) is 22.5 Å². The standard InChI is InChI=1S/C16H9Cl2N3O2/c17-12-3-1-2-8(13(12)18)11-7-21-23-15(11)10-6-20-14-9(10)4-5-19-16(14)22/h1-7,20H,(H,19,22). The van der Waals surface area contributed by atoms with Crippen LogP contribution in [0.25, 0.3) is 33.4 Å². The van der Waals surface area contributed by atoms with E-state index in [2.05, 4.69) is 15.1 Å². The normalized spacial score (nSPS) is 11.2. The van der Waals surface area contributed by atoms with Crippen LogP contribution in [0.1, 0.15) is 0 Å². The Labute approximate surface area is 139 Å². The minimum atomic E-state index is -0.199. The fourth-order valence-electron chi connectivity index (χ4n) is 2.59. The Morgan fingerprint density at radius 3 is 2.78 bits per heavy atom. The van der Waals surface area contributed by atoms with Crippen LogP contribution in [0.15, 0.2) is 52.2 Å². The minimum absolute atomic E-state index is 0.199. The fraction of sp³-hybridized carbons (Fsp3) is 0. The summed E-state index contributed by atoms with van der Waals surface area (Å²) in [7, 11) is 0. The quantitative estimate of drug-likeness (QED) is 0.562. The van der Waals surface area contributed by atoms with Gasteiger partial charge in [0.1, 0.15) is 5.52 Å². The number of fused-ring (bicyclic) bond motifs is 1. The van der Waals surface area contributed by atoms with Crippen LogP contribution in [-0.4, -0.2) is 15.1 Å². The molecule has 7 heteroatoms. The average Bonchev–Trinajstić information content (AvgIpc) is 3.16. The van der Waals surface area contributed by atoms with Crippen LogP contribution >= 0.6 is 23.2 Å². The predicted octanol–water partition coefficient (Wildman–Crippen LogP) is 4.49. The first kappa shape index (κ1) is 14.1. The van der Waals surface area contributed by atoms with Crippen molar-refractivity contribution in [1.29, 1.82) is 0 Å². The van der Waals surface area contributed by atoms with Gasteiger partial charge in [-0.05, 0) is 12.1 Å². The van der Waals surface area contributed by atoms with Gasteiger partial charge in [0.05, 0.1) is 21.8 Å². The lowest BCUT2D eigenvalue weighted by atomic mass is 10.0. The van der Waals surface area contributed by atoms with E-state index in [0.29, 0.717) is 26.9 Å². The number of benzene rings is 1. The summed E-state index contributed by atoms with van der Waals surface area (Å²) in [6, 6.07) is 7.16. The number of nitrogens with zero attached hydrogens (tertiary/aromatic N) is 1. The Hall–Kier alpha value is -2.50. The van der Waals surface area contributed by atoms with E-state index < -0.39 is 0 Å². The van der Waals surface area contributed by atoms with E-state index in [0.717, 1.165) is 16.5 Å². The molecule has 0 saturated carbocycles. The number of nitrogens with one attached hydrogen (secondary N) is 2. The first-order valence-electron chi connectivity index (χ1n) is 6.75. The highest BCUT2D eigenvalue weighted by Gasteiger charge is 2.19. The van der Waals surface area contributed by atoms with Gasteiger partial charge < -0.3 is 14.5 Å². The molecular formula is C16H9Cl2N3O2. The van der Waals surface area contributed by atoms with Gasteiger partial charge in [0.2, 0.25) is 0 Å². The van der Waals surface area contributed by atoms with E-state index in [4.69, 9.17) is 27.7 Å². The van der Waals surface area contributed by atoms with Crippen LogP contribution < -0.4 is 5.56 Å². The number of aromatic nitrogens is 3. The molecule has 0 aliphatic rings. The zero-order valence-corrected chi connectivity index (χ0v) is 13.1. The zero-order valence-electron chi connectivity index (χ0n) is 11.6. The van der Waals surface area contributed by atoms with Crippen LogP contribution in [0.3, 0.4) is 0 Å².